The molecule has 0 bridgehead atoms. The van der Waals surface area contributed by atoms with Crippen molar-refractivity contribution < 1.29 is 9.05 Å². The molecule has 28 heavy (non-hydrogen) atoms. The fourth-order valence-corrected chi connectivity index (χ4v) is 2.66. The standard InChI is InChI=1S/C20H12N6O2/c1-3-15(11-21-9-1)17-23-19(27-25-17)13-5-7-14(8-6-13)20-24-18(26-28-20)16-4-2-10-22-12-16/h1-12H. The van der Waals surface area contributed by atoms with Crippen molar-refractivity contribution in [2.45, 2.75) is 0 Å². The van der Waals surface area contributed by atoms with Crippen LogP contribution in [0.3, 0.4) is 0 Å². The SMILES string of the molecule is c1cncc(-c2noc(-c3ccc(-c4nc(-c5cccnc5)no4)cc3)n2)c1. The van der Waals surface area contributed by atoms with Crippen LogP contribution in [0.4, 0.5) is 0 Å². The summed E-state index contributed by atoms with van der Waals surface area (Å²) < 4.78 is 10.7. The van der Waals surface area contributed by atoms with Gasteiger partial charge < -0.3 is 9.05 Å². The van der Waals surface area contributed by atoms with Crippen LogP contribution in [0.2, 0.25) is 0 Å². The number of pyridine rings is 2. The maximum atomic E-state index is 5.37. The van der Waals surface area contributed by atoms with E-state index in [1.807, 2.05) is 48.5 Å². The van der Waals surface area contributed by atoms with Gasteiger partial charge in [-0.1, -0.05) is 10.3 Å². The van der Waals surface area contributed by atoms with Crippen molar-refractivity contribution >= 4 is 0 Å². The van der Waals surface area contributed by atoms with Gasteiger partial charge in [-0.25, -0.2) is 0 Å². The molecule has 0 aliphatic carbocycles. The van der Waals surface area contributed by atoms with Crippen LogP contribution in [0.15, 0.2) is 82.4 Å². The van der Waals surface area contributed by atoms with E-state index in [1.165, 1.54) is 0 Å². The number of rotatable bonds is 4. The van der Waals surface area contributed by atoms with Crippen LogP contribution in [0, 0.1) is 0 Å². The van der Waals surface area contributed by atoms with Gasteiger partial charge in [-0.2, -0.15) is 9.97 Å². The van der Waals surface area contributed by atoms with E-state index in [4.69, 9.17) is 9.05 Å². The molecule has 8 heteroatoms. The summed E-state index contributed by atoms with van der Waals surface area (Å²) in [5, 5.41) is 8.01. The van der Waals surface area contributed by atoms with Crippen molar-refractivity contribution in [2.24, 2.45) is 0 Å². The van der Waals surface area contributed by atoms with Crippen molar-refractivity contribution in [1.82, 2.24) is 30.2 Å². The summed E-state index contributed by atoms with van der Waals surface area (Å²) in [6, 6.07) is 14.9. The fourth-order valence-electron chi connectivity index (χ4n) is 2.66. The quantitative estimate of drug-likeness (QED) is 0.470. The minimum Gasteiger partial charge on any atom is -0.334 e. The molecule has 0 saturated heterocycles. The highest BCUT2D eigenvalue weighted by Crippen LogP contribution is 2.26. The smallest absolute Gasteiger partial charge is 0.258 e. The molecule has 134 valence electrons. The summed E-state index contributed by atoms with van der Waals surface area (Å²) in [5.41, 5.74) is 3.17. The molecular formula is C20H12N6O2. The largest absolute Gasteiger partial charge is 0.334 e. The number of nitrogens with zero attached hydrogens (tertiary/aromatic N) is 6. The van der Waals surface area contributed by atoms with Gasteiger partial charge in [-0.3, -0.25) is 9.97 Å². The lowest BCUT2D eigenvalue weighted by atomic mass is 10.1. The Morgan fingerprint density at radius 3 is 1.39 bits per heavy atom. The molecule has 8 nitrogen and oxygen atoms in total. The van der Waals surface area contributed by atoms with E-state index in [1.54, 1.807) is 24.8 Å². The van der Waals surface area contributed by atoms with E-state index in [0.717, 1.165) is 22.3 Å². The average Bonchev–Trinajstić information content (AvgIpc) is 3.46. The van der Waals surface area contributed by atoms with E-state index >= 15 is 0 Å². The van der Waals surface area contributed by atoms with Crippen LogP contribution in [-0.4, -0.2) is 30.2 Å². The summed E-state index contributed by atoms with van der Waals surface area (Å²) in [4.78, 5) is 17.0. The Hall–Kier alpha value is -4.20. The maximum Gasteiger partial charge on any atom is 0.258 e. The summed E-state index contributed by atoms with van der Waals surface area (Å²) in [7, 11) is 0. The molecular weight excluding hydrogens is 356 g/mol. The van der Waals surface area contributed by atoms with Crippen LogP contribution in [0.1, 0.15) is 0 Å². The Labute approximate surface area is 158 Å². The Balaban J connectivity index is 1.40. The topological polar surface area (TPSA) is 104 Å². The monoisotopic (exact) mass is 368 g/mol. The van der Waals surface area contributed by atoms with E-state index in [0.29, 0.717) is 23.4 Å². The highest BCUT2D eigenvalue weighted by atomic mass is 16.5. The van der Waals surface area contributed by atoms with Crippen molar-refractivity contribution in [3.63, 3.8) is 0 Å². The third-order valence-electron chi connectivity index (χ3n) is 4.07. The number of hydrogen-bond donors (Lipinski definition) is 0. The van der Waals surface area contributed by atoms with Crippen molar-refractivity contribution in [1.29, 1.82) is 0 Å². The molecule has 0 spiro atoms. The van der Waals surface area contributed by atoms with Gasteiger partial charge in [0.05, 0.1) is 0 Å². The minimum atomic E-state index is 0.423. The Kier molecular flexibility index (Phi) is 3.91. The van der Waals surface area contributed by atoms with E-state index in [-0.39, 0.29) is 0 Å². The van der Waals surface area contributed by atoms with Crippen molar-refractivity contribution in [3.05, 3.63) is 73.3 Å². The number of aromatic nitrogens is 6. The lowest BCUT2D eigenvalue weighted by molar-refractivity contribution is 0.431. The first-order chi connectivity index (χ1) is 13.9. The molecule has 0 saturated carbocycles. The molecule has 0 unspecified atom stereocenters. The Morgan fingerprint density at radius 2 is 1.00 bits per heavy atom. The van der Waals surface area contributed by atoms with Gasteiger partial charge in [-0.15, -0.1) is 0 Å². The predicted octanol–water partition coefficient (Wildman–Crippen LogP) is 3.91. The first kappa shape index (κ1) is 16.0. The van der Waals surface area contributed by atoms with Gasteiger partial charge in [0.15, 0.2) is 0 Å². The second-order valence-electron chi connectivity index (χ2n) is 5.91. The maximum absolute atomic E-state index is 5.37. The van der Waals surface area contributed by atoms with Crippen LogP contribution in [0.25, 0.3) is 45.7 Å². The third-order valence-corrected chi connectivity index (χ3v) is 4.07. The summed E-state index contributed by atoms with van der Waals surface area (Å²) >= 11 is 0. The normalized spacial score (nSPS) is 10.9. The second kappa shape index (κ2) is 6.84. The molecule has 0 aliphatic rings. The summed E-state index contributed by atoms with van der Waals surface area (Å²) in [6.07, 6.45) is 6.77. The van der Waals surface area contributed by atoms with Crippen LogP contribution in [0.5, 0.6) is 0 Å². The third kappa shape index (κ3) is 3.03. The van der Waals surface area contributed by atoms with Gasteiger partial charge >= 0.3 is 0 Å². The van der Waals surface area contributed by atoms with E-state index in [2.05, 4.69) is 30.2 Å². The number of benzene rings is 1. The molecule has 0 N–H and O–H groups in total. The van der Waals surface area contributed by atoms with Gasteiger partial charge in [0.1, 0.15) is 0 Å². The second-order valence-corrected chi connectivity index (χ2v) is 5.91. The minimum absolute atomic E-state index is 0.423. The highest BCUT2D eigenvalue weighted by molar-refractivity contribution is 5.64. The number of hydrogen-bond acceptors (Lipinski definition) is 8. The van der Waals surface area contributed by atoms with Gasteiger partial charge in [0.2, 0.25) is 11.6 Å². The molecule has 0 radical (unpaired) electrons. The van der Waals surface area contributed by atoms with Crippen LogP contribution < -0.4 is 0 Å². The zero-order valence-electron chi connectivity index (χ0n) is 14.4. The lowest BCUT2D eigenvalue weighted by Crippen LogP contribution is -1.83. The molecule has 0 fully saturated rings. The van der Waals surface area contributed by atoms with Crippen LogP contribution >= 0.6 is 0 Å². The first-order valence-electron chi connectivity index (χ1n) is 8.46. The van der Waals surface area contributed by atoms with Gasteiger partial charge in [-0.05, 0) is 48.5 Å². The van der Waals surface area contributed by atoms with Crippen molar-refractivity contribution in [2.75, 3.05) is 0 Å². The predicted molar refractivity (Wildman–Crippen MR) is 99.5 cm³/mol. The molecule has 5 aromatic rings. The molecule has 1 aromatic carbocycles. The van der Waals surface area contributed by atoms with E-state index in [9.17, 15) is 0 Å². The summed E-state index contributed by atoms with van der Waals surface area (Å²) in [6.45, 7) is 0. The first-order valence-corrected chi connectivity index (χ1v) is 8.46. The molecule has 0 aliphatic heterocycles. The molecule has 0 amide bonds. The molecule has 4 heterocycles. The molecule has 0 atom stereocenters. The zero-order valence-corrected chi connectivity index (χ0v) is 14.4. The summed E-state index contributed by atoms with van der Waals surface area (Å²) in [5.74, 6) is 1.83. The van der Waals surface area contributed by atoms with Crippen molar-refractivity contribution in [3.8, 4) is 45.7 Å². The highest BCUT2D eigenvalue weighted by Gasteiger charge is 2.13. The lowest BCUT2D eigenvalue weighted by Gasteiger charge is -1.96. The molecule has 5 rings (SSSR count). The zero-order chi connectivity index (χ0) is 18.8. The Bertz CT molecular complexity index is 1100. The molecule has 4 aromatic heterocycles. The average molecular weight is 368 g/mol. The van der Waals surface area contributed by atoms with Gasteiger partial charge in [0, 0.05) is 47.0 Å². The van der Waals surface area contributed by atoms with Gasteiger partial charge in [0.25, 0.3) is 11.8 Å². The van der Waals surface area contributed by atoms with E-state index < -0.39 is 0 Å². The van der Waals surface area contributed by atoms with Crippen LogP contribution in [-0.2, 0) is 0 Å². The fraction of sp³-hybridized carbons (Fsp3) is 0. The Morgan fingerprint density at radius 1 is 0.536 bits per heavy atom.